The molecule has 3 heterocycles. The summed E-state index contributed by atoms with van der Waals surface area (Å²) in [6.07, 6.45) is 8.64. The Hall–Kier alpha value is -3.45. The molecule has 2 N–H and O–H groups in total. The number of nitrogens with one attached hydrogen (secondary N) is 2. The van der Waals surface area contributed by atoms with Gasteiger partial charge in [-0.05, 0) is 59.9 Å². The number of hydrogen-bond acceptors (Lipinski definition) is 6. The van der Waals surface area contributed by atoms with Gasteiger partial charge in [-0.2, -0.15) is 0 Å². The number of aromatic nitrogens is 2. The molecule has 0 radical (unpaired) electrons. The lowest BCUT2D eigenvalue weighted by molar-refractivity contribution is -0.123. The molecule has 0 spiro atoms. The molecular weight excluding hydrogens is 392 g/mol. The first-order valence-electron chi connectivity index (χ1n) is 10.5. The van der Waals surface area contributed by atoms with Gasteiger partial charge in [-0.15, -0.1) is 0 Å². The van der Waals surface area contributed by atoms with E-state index < -0.39 is 6.04 Å². The molecular formula is C24H26N4O3. The van der Waals surface area contributed by atoms with E-state index in [1.54, 1.807) is 18.6 Å². The summed E-state index contributed by atoms with van der Waals surface area (Å²) in [5.74, 6) is 1.31. The van der Waals surface area contributed by atoms with Crippen LogP contribution in [0.15, 0.2) is 67.3 Å². The van der Waals surface area contributed by atoms with Crippen molar-refractivity contribution in [3.63, 3.8) is 0 Å². The van der Waals surface area contributed by atoms with Crippen LogP contribution in [-0.2, 0) is 17.6 Å². The SMILES string of the molecule is O=C(NCCc1ccncc1)C(NCCc1cccnc1)c1ccc2c(c1)OCCO2. The van der Waals surface area contributed by atoms with E-state index in [4.69, 9.17) is 9.47 Å². The fourth-order valence-electron chi connectivity index (χ4n) is 3.49. The third kappa shape index (κ3) is 5.79. The number of amides is 1. The molecule has 1 aromatic carbocycles. The van der Waals surface area contributed by atoms with Crippen molar-refractivity contribution in [3.8, 4) is 11.5 Å². The summed E-state index contributed by atoms with van der Waals surface area (Å²) in [5.41, 5.74) is 3.10. The molecule has 0 aliphatic carbocycles. The third-order valence-electron chi connectivity index (χ3n) is 5.11. The van der Waals surface area contributed by atoms with Crippen molar-refractivity contribution >= 4 is 5.91 Å². The Kier molecular flexibility index (Phi) is 7.08. The van der Waals surface area contributed by atoms with Crippen molar-refractivity contribution in [2.45, 2.75) is 18.9 Å². The Balaban J connectivity index is 1.42. The van der Waals surface area contributed by atoms with Gasteiger partial charge in [-0.1, -0.05) is 12.1 Å². The van der Waals surface area contributed by atoms with Gasteiger partial charge in [0.2, 0.25) is 5.91 Å². The van der Waals surface area contributed by atoms with Gasteiger partial charge in [0.05, 0.1) is 0 Å². The third-order valence-corrected chi connectivity index (χ3v) is 5.11. The summed E-state index contributed by atoms with van der Waals surface area (Å²) in [7, 11) is 0. The summed E-state index contributed by atoms with van der Waals surface area (Å²) in [5, 5.41) is 6.45. The lowest BCUT2D eigenvalue weighted by Gasteiger charge is -2.23. The molecule has 7 nitrogen and oxygen atoms in total. The average Bonchev–Trinajstić information content (AvgIpc) is 2.83. The van der Waals surface area contributed by atoms with Crippen LogP contribution in [0.2, 0.25) is 0 Å². The Morgan fingerprint density at radius 2 is 1.71 bits per heavy atom. The minimum absolute atomic E-state index is 0.0723. The van der Waals surface area contributed by atoms with Crippen molar-refractivity contribution in [1.29, 1.82) is 0 Å². The number of hydrogen-bond donors (Lipinski definition) is 2. The molecule has 1 atom stereocenters. The molecule has 0 bridgehead atoms. The average molecular weight is 418 g/mol. The van der Waals surface area contributed by atoms with Crippen LogP contribution in [0.5, 0.6) is 11.5 Å². The van der Waals surface area contributed by atoms with E-state index >= 15 is 0 Å². The quantitative estimate of drug-likeness (QED) is 0.555. The highest BCUT2D eigenvalue weighted by Gasteiger charge is 2.22. The summed E-state index contributed by atoms with van der Waals surface area (Å²) in [6.45, 7) is 2.24. The zero-order valence-corrected chi connectivity index (χ0v) is 17.3. The zero-order chi connectivity index (χ0) is 21.3. The first-order valence-corrected chi connectivity index (χ1v) is 10.5. The number of pyridine rings is 2. The number of nitrogens with zero attached hydrogens (tertiary/aromatic N) is 2. The monoisotopic (exact) mass is 418 g/mol. The fourth-order valence-corrected chi connectivity index (χ4v) is 3.49. The maximum atomic E-state index is 13.1. The molecule has 0 fully saturated rings. The topological polar surface area (TPSA) is 85.4 Å². The number of carbonyl (C=O) groups excluding carboxylic acids is 1. The second kappa shape index (κ2) is 10.5. The van der Waals surface area contributed by atoms with E-state index in [1.165, 1.54) is 0 Å². The van der Waals surface area contributed by atoms with Crippen molar-refractivity contribution in [3.05, 3.63) is 83.9 Å². The standard InChI is InChI=1S/C24H26N4O3/c29-24(28-13-7-18-5-10-25-11-6-18)23(27-12-8-19-2-1-9-26-17-19)20-3-4-21-22(16-20)31-15-14-30-21/h1-6,9-11,16-17,23,27H,7-8,12-15H2,(H,28,29). The highest BCUT2D eigenvalue weighted by Crippen LogP contribution is 2.32. The summed E-state index contributed by atoms with van der Waals surface area (Å²) < 4.78 is 11.3. The fraction of sp³-hybridized carbons (Fsp3) is 0.292. The van der Waals surface area contributed by atoms with Crippen LogP contribution >= 0.6 is 0 Å². The second-order valence-electron chi connectivity index (χ2n) is 7.30. The van der Waals surface area contributed by atoms with E-state index in [9.17, 15) is 4.79 Å². The van der Waals surface area contributed by atoms with E-state index in [0.29, 0.717) is 37.8 Å². The molecule has 1 unspecified atom stereocenters. The molecule has 1 aliphatic rings. The largest absolute Gasteiger partial charge is 0.486 e. The van der Waals surface area contributed by atoms with Crippen molar-refractivity contribution in [2.75, 3.05) is 26.3 Å². The molecule has 160 valence electrons. The number of benzene rings is 1. The minimum atomic E-state index is -0.495. The lowest BCUT2D eigenvalue weighted by atomic mass is 10.0. The molecule has 1 amide bonds. The number of carbonyl (C=O) groups is 1. The lowest BCUT2D eigenvalue weighted by Crippen LogP contribution is -2.39. The Bertz CT molecular complexity index is 983. The van der Waals surface area contributed by atoms with Crippen LogP contribution in [0.25, 0.3) is 0 Å². The van der Waals surface area contributed by atoms with Crippen molar-refractivity contribution in [2.24, 2.45) is 0 Å². The molecule has 3 aromatic rings. The second-order valence-corrected chi connectivity index (χ2v) is 7.30. The van der Waals surface area contributed by atoms with Gasteiger partial charge in [0, 0.05) is 37.9 Å². The van der Waals surface area contributed by atoms with Crippen LogP contribution in [-0.4, -0.2) is 42.2 Å². The van der Waals surface area contributed by atoms with E-state index in [-0.39, 0.29) is 5.91 Å². The van der Waals surface area contributed by atoms with Gasteiger partial charge < -0.3 is 20.1 Å². The smallest absolute Gasteiger partial charge is 0.241 e. The van der Waals surface area contributed by atoms with Gasteiger partial charge in [0.15, 0.2) is 11.5 Å². The first kappa shape index (κ1) is 20.8. The summed E-state index contributed by atoms with van der Waals surface area (Å²) >= 11 is 0. The molecule has 7 heteroatoms. The van der Waals surface area contributed by atoms with Crippen LogP contribution in [0.1, 0.15) is 22.7 Å². The molecule has 0 saturated carbocycles. The molecule has 31 heavy (non-hydrogen) atoms. The van der Waals surface area contributed by atoms with Crippen molar-refractivity contribution in [1.82, 2.24) is 20.6 Å². The highest BCUT2D eigenvalue weighted by molar-refractivity contribution is 5.83. The predicted molar refractivity (Wildman–Crippen MR) is 117 cm³/mol. The van der Waals surface area contributed by atoms with Gasteiger partial charge in [-0.25, -0.2) is 0 Å². The number of ether oxygens (including phenoxy) is 2. The van der Waals surface area contributed by atoms with Crippen molar-refractivity contribution < 1.29 is 14.3 Å². The summed E-state index contributed by atoms with van der Waals surface area (Å²) in [4.78, 5) is 21.3. The highest BCUT2D eigenvalue weighted by atomic mass is 16.6. The van der Waals surface area contributed by atoms with Crippen LogP contribution in [0, 0.1) is 0 Å². The minimum Gasteiger partial charge on any atom is -0.486 e. The van der Waals surface area contributed by atoms with E-state index in [0.717, 1.165) is 29.5 Å². The Morgan fingerprint density at radius 3 is 2.52 bits per heavy atom. The summed E-state index contributed by atoms with van der Waals surface area (Å²) in [6, 6.07) is 13.0. The van der Waals surface area contributed by atoms with E-state index in [2.05, 4.69) is 20.6 Å². The van der Waals surface area contributed by atoms with Crippen LogP contribution in [0.3, 0.4) is 0 Å². The molecule has 4 rings (SSSR count). The molecule has 1 aliphatic heterocycles. The van der Waals surface area contributed by atoms with Crippen LogP contribution < -0.4 is 20.1 Å². The first-order chi connectivity index (χ1) is 15.3. The zero-order valence-electron chi connectivity index (χ0n) is 17.3. The Labute approximate surface area is 181 Å². The number of rotatable bonds is 9. The maximum absolute atomic E-state index is 13.1. The Morgan fingerprint density at radius 1 is 0.903 bits per heavy atom. The molecule has 2 aromatic heterocycles. The maximum Gasteiger partial charge on any atom is 0.241 e. The van der Waals surface area contributed by atoms with Gasteiger partial charge >= 0.3 is 0 Å². The van der Waals surface area contributed by atoms with E-state index in [1.807, 2.05) is 48.7 Å². The van der Waals surface area contributed by atoms with Gasteiger partial charge in [0.25, 0.3) is 0 Å². The normalized spacial score (nSPS) is 13.4. The van der Waals surface area contributed by atoms with Crippen LogP contribution in [0.4, 0.5) is 0 Å². The number of fused-ring (bicyclic) bond motifs is 1. The predicted octanol–water partition coefficient (Wildman–Crippen LogP) is 2.48. The van der Waals surface area contributed by atoms with Gasteiger partial charge in [0.1, 0.15) is 19.3 Å². The van der Waals surface area contributed by atoms with Gasteiger partial charge in [-0.3, -0.25) is 14.8 Å². The molecule has 0 saturated heterocycles.